The van der Waals surface area contributed by atoms with E-state index in [1.54, 1.807) is 48.2 Å². The minimum absolute atomic E-state index is 0.158. The summed E-state index contributed by atoms with van der Waals surface area (Å²) in [4.78, 5) is 47.6. The highest BCUT2D eigenvalue weighted by molar-refractivity contribution is 6.34. The molecule has 3 heterocycles. The van der Waals surface area contributed by atoms with Crippen LogP contribution in [-0.2, 0) is 25.7 Å². The fourth-order valence-corrected chi connectivity index (χ4v) is 7.11. The molecule has 1 spiro atoms. The zero-order valence-electron chi connectivity index (χ0n) is 23.2. The number of aliphatic hydroxyl groups excluding tert-OH is 1. The van der Waals surface area contributed by atoms with Crippen LogP contribution in [0, 0.1) is 11.8 Å². The van der Waals surface area contributed by atoms with Crippen LogP contribution in [-0.4, -0.2) is 76.1 Å². The van der Waals surface area contributed by atoms with Crippen molar-refractivity contribution < 1.29 is 24.2 Å². The molecule has 3 fully saturated rings. The van der Waals surface area contributed by atoms with E-state index in [9.17, 15) is 19.5 Å². The third kappa shape index (κ3) is 4.88. The minimum Gasteiger partial charge on any atom is -0.394 e. The number of benzene rings is 2. The maximum atomic E-state index is 14.5. The average Bonchev–Trinajstić information content (AvgIpc) is 3.63. The number of amides is 3. The smallest absolute Gasteiger partial charge is 0.253 e. The molecule has 2 bridgehead atoms. The van der Waals surface area contributed by atoms with Gasteiger partial charge in [0.25, 0.3) is 5.91 Å². The Kier molecular flexibility index (Phi) is 8.36. The van der Waals surface area contributed by atoms with Gasteiger partial charge in [0.15, 0.2) is 0 Å². The van der Waals surface area contributed by atoms with E-state index in [-0.39, 0.29) is 30.9 Å². The topological polar surface area (TPSA) is 90.4 Å². The van der Waals surface area contributed by atoms with Crippen LogP contribution < -0.4 is 4.90 Å². The highest BCUT2D eigenvalue weighted by Crippen LogP contribution is 2.59. The molecule has 0 saturated carbocycles. The summed E-state index contributed by atoms with van der Waals surface area (Å²) in [5.41, 5.74) is 0.251. The summed E-state index contributed by atoms with van der Waals surface area (Å²) in [6.45, 7) is 9.85. The first-order valence-corrected chi connectivity index (χ1v) is 14.4. The van der Waals surface area contributed by atoms with Crippen LogP contribution in [0.15, 0.2) is 79.9 Å². The number of halogens is 1. The molecule has 0 aliphatic carbocycles. The quantitative estimate of drug-likeness (QED) is 0.410. The number of para-hydroxylation sites is 1. The van der Waals surface area contributed by atoms with Crippen molar-refractivity contribution in [2.45, 2.75) is 50.1 Å². The van der Waals surface area contributed by atoms with Gasteiger partial charge in [-0.3, -0.25) is 14.4 Å². The lowest BCUT2D eigenvalue weighted by molar-refractivity contribution is -0.147. The fraction of sp³-hybridized carbons (Fsp3) is 0.406. The van der Waals surface area contributed by atoms with Gasteiger partial charge in [-0.05, 0) is 37.5 Å². The van der Waals surface area contributed by atoms with E-state index >= 15 is 0 Å². The first-order chi connectivity index (χ1) is 19.8. The molecule has 1 N–H and O–H groups in total. The van der Waals surface area contributed by atoms with Crippen LogP contribution in [0.3, 0.4) is 0 Å². The normalized spacial score (nSPS) is 26.9. The third-order valence-corrected chi connectivity index (χ3v) is 8.91. The fourth-order valence-electron chi connectivity index (χ4n) is 6.87. The maximum absolute atomic E-state index is 14.5. The Labute approximate surface area is 245 Å². The Bertz CT molecular complexity index is 1340. The lowest BCUT2D eigenvalue weighted by atomic mass is 9.70. The molecule has 2 aromatic rings. The molecule has 8 nitrogen and oxygen atoms in total. The number of anilines is 1. The molecule has 2 unspecified atom stereocenters. The summed E-state index contributed by atoms with van der Waals surface area (Å²) in [7, 11) is 0. The number of carbonyl (C=O) groups is 3. The van der Waals surface area contributed by atoms with E-state index in [1.807, 2.05) is 30.3 Å². The van der Waals surface area contributed by atoms with Crippen LogP contribution in [0.5, 0.6) is 0 Å². The van der Waals surface area contributed by atoms with Crippen molar-refractivity contribution in [3.05, 3.63) is 90.5 Å². The number of carbonyl (C=O) groups excluding carboxylic acids is 3. The highest BCUT2D eigenvalue weighted by Gasteiger charge is 2.75. The van der Waals surface area contributed by atoms with Crippen molar-refractivity contribution >= 4 is 35.0 Å². The summed E-state index contributed by atoms with van der Waals surface area (Å²) in [6, 6.07) is 14.9. The molecule has 3 aliphatic heterocycles. The number of ether oxygens (including phenoxy) is 1. The molecule has 3 aliphatic rings. The van der Waals surface area contributed by atoms with E-state index in [4.69, 9.17) is 16.3 Å². The van der Waals surface area contributed by atoms with Crippen LogP contribution in [0.4, 0.5) is 5.69 Å². The first-order valence-electron chi connectivity index (χ1n) is 14.0. The molecular weight excluding hydrogens is 542 g/mol. The molecule has 3 amide bonds. The molecule has 2 aromatic carbocycles. The van der Waals surface area contributed by atoms with Gasteiger partial charge in [-0.25, -0.2) is 0 Å². The third-order valence-electron chi connectivity index (χ3n) is 8.59. The lowest BCUT2D eigenvalue weighted by Gasteiger charge is -2.38. The van der Waals surface area contributed by atoms with Crippen molar-refractivity contribution in [3.8, 4) is 0 Å². The Morgan fingerprint density at radius 2 is 1.80 bits per heavy atom. The Morgan fingerprint density at radius 3 is 2.46 bits per heavy atom. The van der Waals surface area contributed by atoms with Crippen molar-refractivity contribution in [1.29, 1.82) is 0 Å². The summed E-state index contributed by atoms with van der Waals surface area (Å²) in [5.74, 6) is -2.52. The van der Waals surface area contributed by atoms with Gasteiger partial charge < -0.3 is 24.5 Å². The monoisotopic (exact) mass is 577 g/mol. The Balaban J connectivity index is 1.54. The van der Waals surface area contributed by atoms with Crippen molar-refractivity contribution in [2.24, 2.45) is 11.8 Å². The van der Waals surface area contributed by atoms with E-state index < -0.39 is 35.6 Å². The minimum atomic E-state index is -1.20. The molecule has 6 atom stereocenters. The van der Waals surface area contributed by atoms with Crippen LogP contribution >= 0.6 is 11.6 Å². The van der Waals surface area contributed by atoms with E-state index in [1.165, 1.54) is 9.80 Å². The number of aliphatic hydroxyl groups is 1. The van der Waals surface area contributed by atoms with Gasteiger partial charge in [0.05, 0.1) is 41.3 Å². The van der Waals surface area contributed by atoms with Crippen molar-refractivity contribution in [2.75, 3.05) is 24.6 Å². The standard InChI is InChI=1S/C32H36ClN3O5/c1-4-17-34(19-22-11-7-6-8-12-22)29(38)26-25-15-16-32(41-25)27(26)30(39)36(21(3)20-37)28(32)31(40)35(18-5-2)24-14-10-9-13-23(24)33/h4-14,21,25-28,37H,1-2,15-20H2,3H3/t21-,25-,26+,27+,28?,32?/m1/s1. The van der Waals surface area contributed by atoms with Gasteiger partial charge in [-0.15, -0.1) is 13.2 Å². The van der Waals surface area contributed by atoms with E-state index in [0.717, 1.165) is 5.56 Å². The van der Waals surface area contributed by atoms with E-state index in [0.29, 0.717) is 36.6 Å². The number of nitrogens with zero attached hydrogens (tertiary/aromatic N) is 3. The molecule has 3 saturated heterocycles. The summed E-state index contributed by atoms with van der Waals surface area (Å²) in [6.07, 6.45) is 3.78. The predicted molar refractivity (Wildman–Crippen MR) is 157 cm³/mol. The molecule has 9 heteroatoms. The van der Waals surface area contributed by atoms with Gasteiger partial charge in [-0.2, -0.15) is 0 Å². The number of hydrogen-bond acceptors (Lipinski definition) is 5. The molecule has 0 radical (unpaired) electrons. The second-order valence-corrected chi connectivity index (χ2v) is 11.4. The summed E-state index contributed by atoms with van der Waals surface area (Å²) in [5, 5.41) is 10.5. The molecule has 216 valence electrons. The van der Waals surface area contributed by atoms with Crippen LogP contribution in [0.1, 0.15) is 25.3 Å². The van der Waals surface area contributed by atoms with Gasteiger partial charge in [-0.1, -0.05) is 66.2 Å². The summed E-state index contributed by atoms with van der Waals surface area (Å²) < 4.78 is 6.60. The average molecular weight is 578 g/mol. The van der Waals surface area contributed by atoms with Crippen LogP contribution in [0.25, 0.3) is 0 Å². The SMILES string of the molecule is C=CCN(Cc1ccccc1)C(=O)[C@@H]1[C@H]2C(=O)N([C@H](C)CO)C(C(=O)N(CC=C)c3ccccc3Cl)C23CC[C@H]1O3. The molecule has 41 heavy (non-hydrogen) atoms. The van der Waals surface area contributed by atoms with Crippen LogP contribution in [0.2, 0.25) is 5.02 Å². The zero-order chi connectivity index (χ0) is 29.3. The second-order valence-electron chi connectivity index (χ2n) is 11.0. The number of likely N-dealkylation sites (tertiary alicyclic amines) is 1. The van der Waals surface area contributed by atoms with Gasteiger partial charge >= 0.3 is 0 Å². The summed E-state index contributed by atoms with van der Waals surface area (Å²) >= 11 is 6.51. The van der Waals surface area contributed by atoms with Gasteiger partial charge in [0.1, 0.15) is 11.6 Å². The number of fused-ring (bicyclic) bond motifs is 1. The maximum Gasteiger partial charge on any atom is 0.253 e. The Hall–Kier alpha value is -3.46. The second kappa shape index (κ2) is 11.8. The molecule has 0 aromatic heterocycles. The van der Waals surface area contributed by atoms with Crippen molar-refractivity contribution in [1.82, 2.24) is 9.80 Å². The lowest BCUT2D eigenvalue weighted by Crippen LogP contribution is -2.58. The number of hydrogen-bond donors (Lipinski definition) is 1. The molecular formula is C32H36ClN3O5. The van der Waals surface area contributed by atoms with Crippen molar-refractivity contribution in [3.63, 3.8) is 0 Å². The predicted octanol–water partition coefficient (Wildman–Crippen LogP) is 3.83. The van der Waals surface area contributed by atoms with E-state index in [2.05, 4.69) is 13.2 Å². The highest BCUT2D eigenvalue weighted by atomic mass is 35.5. The largest absolute Gasteiger partial charge is 0.394 e. The van der Waals surface area contributed by atoms with Gasteiger partial charge in [0, 0.05) is 19.6 Å². The molecule has 5 rings (SSSR count). The number of rotatable bonds is 11. The zero-order valence-corrected chi connectivity index (χ0v) is 24.0. The first kappa shape index (κ1) is 29.0. The Morgan fingerprint density at radius 1 is 1.12 bits per heavy atom. The van der Waals surface area contributed by atoms with Gasteiger partial charge in [0.2, 0.25) is 11.8 Å².